The van der Waals surface area contributed by atoms with Gasteiger partial charge < -0.3 is 5.32 Å². The van der Waals surface area contributed by atoms with Crippen LogP contribution in [0, 0.1) is 0 Å². The maximum absolute atomic E-state index is 13.2. The van der Waals surface area contributed by atoms with E-state index in [2.05, 4.69) is 29.0 Å². The second-order valence-corrected chi connectivity index (χ2v) is 10.2. The van der Waals surface area contributed by atoms with Crippen LogP contribution in [-0.2, 0) is 16.4 Å². The fraction of sp³-hybridized carbons (Fsp3) is 0.385. The minimum absolute atomic E-state index is 0.0957. The Morgan fingerprint density at radius 2 is 1.86 bits per heavy atom. The SMILES string of the molecule is CCCN(CC)C(c1cnc(NC(=O)C2(c3ccc(C(F)(F)F)cc3)CC2)s1)c1ccccc1Cl. The number of anilines is 1. The van der Waals surface area contributed by atoms with E-state index in [9.17, 15) is 18.0 Å². The minimum atomic E-state index is -4.41. The third-order valence-corrected chi connectivity index (χ3v) is 7.75. The van der Waals surface area contributed by atoms with Gasteiger partial charge in [-0.3, -0.25) is 9.69 Å². The van der Waals surface area contributed by atoms with Crippen molar-refractivity contribution in [1.29, 1.82) is 0 Å². The average molecular weight is 522 g/mol. The van der Waals surface area contributed by atoms with Crippen LogP contribution in [0.5, 0.6) is 0 Å². The van der Waals surface area contributed by atoms with E-state index in [0.717, 1.165) is 42.1 Å². The van der Waals surface area contributed by atoms with E-state index >= 15 is 0 Å². The van der Waals surface area contributed by atoms with E-state index in [0.29, 0.717) is 28.6 Å². The van der Waals surface area contributed by atoms with Crippen molar-refractivity contribution in [1.82, 2.24) is 9.88 Å². The molecule has 2 aromatic carbocycles. The van der Waals surface area contributed by atoms with Crippen LogP contribution in [0.2, 0.25) is 5.02 Å². The summed E-state index contributed by atoms with van der Waals surface area (Å²) < 4.78 is 38.8. The Labute approximate surface area is 212 Å². The standard InChI is InChI=1S/C26H27ClF3N3OS/c1-3-15-33(4-2)22(19-7-5-6-8-20(19)27)21-16-31-24(35-21)32-23(34)25(13-14-25)17-9-11-18(12-10-17)26(28,29)30/h5-12,16,22H,3-4,13-15H2,1-2H3,(H,31,32,34). The highest BCUT2D eigenvalue weighted by Crippen LogP contribution is 2.49. The van der Waals surface area contributed by atoms with Crippen LogP contribution in [0.3, 0.4) is 0 Å². The van der Waals surface area contributed by atoms with Gasteiger partial charge in [-0.05, 0) is 61.7 Å². The van der Waals surface area contributed by atoms with Crippen molar-refractivity contribution in [3.8, 4) is 0 Å². The summed E-state index contributed by atoms with van der Waals surface area (Å²) in [5, 5.41) is 4.05. The molecule has 1 heterocycles. The molecule has 1 N–H and O–H groups in total. The highest BCUT2D eigenvalue weighted by Gasteiger charge is 2.51. The van der Waals surface area contributed by atoms with Gasteiger partial charge in [0.05, 0.1) is 17.0 Å². The number of hydrogen-bond acceptors (Lipinski definition) is 4. The second kappa shape index (κ2) is 10.3. The summed E-state index contributed by atoms with van der Waals surface area (Å²) in [4.78, 5) is 20.9. The molecule has 1 amide bonds. The zero-order valence-electron chi connectivity index (χ0n) is 19.5. The molecule has 1 aliphatic carbocycles. The summed E-state index contributed by atoms with van der Waals surface area (Å²) in [7, 11) is 0. The Kier molecular flexibility index (Phi) is 7.54. The predicted molar refractivity (Wildman–Crippen MR) is 134 cm³/mol. The lowest BCUT2D eigenvalue weighted by Crippen LogP contribution is -2.30. The van der Waals surface area contributed by atoms with Gasteiger partial charge in [0, 0.05) is 16.1 Å². The minimum Gasteiger partial charge on any atom is -0.301 e. The number of halogens is 4. The summed E-state index contributed by atoms with van der Waals surface area (Å²) in [6, 6.07) is 12.5. The highest BCUT2D eigenvalue weighted by atomic mass is 35.5. The second-order valence-electron chi connectivity index (χ2n) is 8.73. The molecule has 0 spiro atoms. The van der Waals surface area contributed by atoms with E-state index in [4.69, 9.17) is 11.6 Å². The molecule has 0 aliphatic heterocycles. The van der Waals surface area contributed by atoms with Crippen molar-refractivity contribution in [3.63, 3.8) is 0 Å². The van der Waals surface area contributed by atoms with Gasteiger partial charge in [-0.2, -0.15) is 13.2 Å². The van der Waals surface area contributed by atoms with Crippen LogP contribution >= 0.6 is 22.9 Å². The summed E-state index contributed by atoms with van der Waals surface area (Å²) in [6.07, 6.45) is -0.482. The number of nitrogens with one attached hydrogen (secondary N) is 1. The Hall–Kier alpha value is -2.42. The number of carbonyl (C=O) groups is 1. The molecule has 1 aromatic heterocycles. The molecule has 1 unspecified atom stereocenters. The summed E-state index contributed by atoms with van der Waals surface area (Å²) in [5.74, 6) is -0.242. The molecule has 1 atom stereocenters. The van der Waals surface area contributed by atoms with E-state index in [1.54, 1.807) is 6.20 Å². The first-order valence-electron chi connectivity index (χ1n) is 11.6. The van der Waals surface area contributed by atoms with Crippen molar-refractivity contribution in [2.45, 2.75) is 50.7 Å². The van der Waals surface area contributed by atoms with Gasteiger partial charge in [-0.15, -0.1) is 0 Å². The molecule has 0 radical (unpaired) electrons. The number of hydrogen-bond donors (Lipinski definition) is 1. The zero-order chi connectivity index (χ0) is 25.2. The summed E-state index contributed by atoms with van der Waals surface area (Å²) in [5.41, 5.74) is 0.0406. The number of amides is 1. The quantitative estimate of drug-likeness (QED) is 0.321. The van der Waals surface area contributed by atoms with Crippen molar-refractivity contribution in [2.24, 2.45) is 0 Å². The molecule has 9 heteroatoms. The van der Waals surface area contributed by atoms with Gasteiger partial charge in [0.25, 0.3) is 0 Å². The van der Waals surface area contributed by atoms with Crippen LogP contribution in [-0.4, -0.2) is 28.9 Å². The van der Waals surface area contributed by atoms with Crippen molar-refractivity contribution < 1.29 is 18.0 Å². The molecule has 1 saturated carbocycles. The Balaban J connectivity index is 1.56. The van der Waals surface area contributed by atoms with Gasteiger partial charge in [-0.1, -0.05) is 67.1 Å². The smallest absolute Gasteiger partial charge is 0.301 e. The Bertz CT molecular complexity index is 1180. The largest absolute Gasteiger partial charge is 0.416 e. The van der Waals surface area contributed by atoms with Crippen LogP contribution < -0.4 is 5.32 Å². The molecule has 35 heavy (non-hydrogen) atoms. The third-order valence-electron chi connectivity index (χ3n) is 6.44. The number of aromatic nitrogens is 1. The molecule has 1 fully saturated rings. The van der Waals surface area contributed by atoms with Crippen molar-refractivity contribution >= 4 is 34.0 Å². The topological polar surface area (TPSA) is 45.2 Å². The number of benzene rings is 2. The number of alkyl halides is 3. The number of thiazole rings is 1. The van der Waals surface area contributed by atoms with E-state index < -0.39 is 17.2 Å². The molecule has 4 nitrogen and oxygen atoms in total. The zero-order valence-corrected chi connectivity index (χ0v) is 21.1. The molecule has 0 bridgehead atoms. The van der Waals surface area contributed by atoms with Crippen LogP contribution in [0.15, 0.2) is 54.7 Å². The van der Waals surface area contributed by atoms with Crippen molar-refractivity contribution in [2.75, 3.05) is 18.4 Å². The van der Waals surface area contributed by atoms with E-state index in [-0.39, 0.29) is 11.9 Å². The van der Waals surface area contributed by atoms with Crippen LogP contribution in [0.1, 0.15) is 60.7 Å². The third kappa shape index (κ3) is 5.39. The number of nitrogens with zero attached hydrogens (tertiary/aromatic N) is 2. The van der Waals surface area contributed by atoms with Crippen molar-refractivity contribution in [3.05, 3.63) is 81.3 Å². The maximum atomic E-state index is 13.2. The lowest BCUT2D eigenvalue weighted by molar-refractivity contribution is -0.137. The average Bonchev–Trinajstić information content (AvgIpc) is 3.53. The first-order chi connectivity index (χ1) is 16.7. The lowest BCUT2D eigenvalue weighted by atomic mass is 9.94. The molecular weight excluding hydrogens is 495 g/mol. The van der Waals surface area contributed by atoms with Gasteiger partial charge >= 0.3 is 6.18 Å². The van der Waals surface area contributed by atoms with Gasteiger partial charge in [0.2, 0.25) is 5.91 Å². The summed E-state index contributed by atoms with van der Waals surface area (Å²) >= 11 is 7.95. The predicted octanol–water partition coefficient (Wildman–Crippen LogP) is 7.31. The Morgan fingerprint density at radius 3 is 2.43 bits per heavy atom. The van der Waals surface area contributed by atoms with Crippen LogP contribution in [0.4, 0.5) is 18.3 Å². The Morgan fingerprint density at radius 1 is 1.17 bits per heavy atom. The fourth-order valence-electron chi connectivity index (χ4n) is 4.42. The summed E-state index contributed by atoms with van der Waals surface area (Å²) in [6.45, 7) is 5.93. The highest BCUT2D eigenvalue weighted by molar-refractivity contribution is 7.15. The maximum Gasteiger partial charge on any atom is 0.416 e. The fourth-order valence-corrected chi connectivity index (χ4v) is 5.63. The number of rotatable bonds is 9. The molecule has 186 valence electrons. The lowest BCUT2D eigenvalue weighted by Gasteiger charge is -2.30. The first-order valence-corrected chi connectivity index (χ1v) is 12.8. The monoisotopic (exact) mass is 521 g/mol. The normalized spacial score (nSPS) is 15.7. The molecule has 1 aliphatic rings. The van der Waals surface area contributed by atoms with E-state index in [1.165, 1.54) is 23.5 Å². The van der Waals surface area contributed by atoms with Gasteiger partial charge in [0.1, 0.15) is 0 Å². The van der Waals surface area contributed by atoms with Gasteiger partial charge in [0.15, 0.2) is 5.13 Å². The molecule has 3 aromatic rings. The molecular formula is C26H27ClF3N3OS. The van der Waals surface area contributed by atoms with E-state index in [1.807, 2.05) is 24.3 Å². The first kappa shape index (κ1) is 25.7. The number of carbonyl (C=O) groups excluding carboxylic acids is 1. The van der Waals surface area contributed by atoms with Crippen LogP contribution in [0.25, 0.3) is 0 Å². The molecule has 0 saturated heterocycles. The molecule has 4 rings (SSSR count). The van der Waals surface area contributed by atoms with Gasteiger partial charge in [-0.25, -0.2) is 4.98 Å².